The Kier molecular flexibility index (Phi) is 2.30. The lowest BCUT2D eigenvalue weighted by atomic mass is 10.3. The number of non-ortho nitro benzene ring substituents is 1. The minimum Gasteiger partial charge on any atom is -0.258 e. The van der Waals surface area contributed by atoms with Crippen LogP contribution in [0.4, 0.5) is 18.9 Å². The molecule has 1 heterocycles. The second-order valence-corrected chi connectivity index (χ2v) is 3.96. The molecule has 0 aliphatic rings. The number of hydrogen-bond donors (Lipinski definition) is 0. The summed E-state index contributed by atoms with van der Waals surface area (Å²) >= 11 is 0.466. The van der Waals surface area contributed by atoms with Gasteiger partial charge in [0.25, 0.3) is 5.69 Å². The van der Waals surface area contributed by atoms with Crippen molar-refractivity contribution in [3.8, 4) is 0 Å². The summed E-state index contributed by atoms with van der Waals surface area (Å²) in [6, 6.07) is 3.45. The molecule has 2 aromatic rings. The number of nitro benzene ring substituents is 1. The molecule has 0 N–H and O–H groups in total. The van der Waals surface area contributed by atoms with Crippen molar-refractivity contribution in [2.45, 2.75) is 6.18 Å². The fourth-order valence-electron chi connectivity index (χ4n) is 1.15. The van der Waals surface area contributed by atoms with Crippen molar-refractivity contribution in [2.75, 3.05) is 0 Å². The second kappa shape index (κ2) is 3.41. The van der Waals surface area contributed by atoms with Gasteiger partial charge in [0.2, 0.25) is 0 Å². The highest BCUT2D eigenvalue weighted by atomic mass is 32.1. The van der Waals surface area contributed by atoms with Gasteiger partial charge in [-0.3, -0.25) is 10.1 Å². The fourth-order valence-corrected chi connectivity index (χ4v) is 1.96. The molecular formula is C8H3F3N2O2S. The number of nitro groups is 1. The van der Waals surface area contributed by atoms with Crippen LogP contribution in [-0.2, 0) is 6.18 Å². The number of aromatic nitrogens is 1. The van der Waals surface area contributed by atoms with Gasteiger partial charge in [-0.25, -0.2) is 4.98 Å². The first-order valence-corrected chi connectivity index (χ1v) is 4.82. The monoisotopic (exact) mass is 248 g/mol. The van der Waals surface area contributed by atoms with Crippen molar-refractivity contribution < 1.29 is 18.1 Å². The quantitative estimate of drug-likeness (QED) is 0.575. The van der Waals surface area contributed by atoms with Gasteiger partial charge in [-0.1, -0.05) is 0 Å². The molecule has 0 saturated heterocycles. The summed E-state index contributed by atoms with van der Waals surface area (Å²) in [7, 11) is 0. The smallest absolute Gasteiger partial charge is 0.258 e. The van der Waals surface area contributed by atoms with Crippen LogP contribution in [0.1, 0.15) is 5.01 Å². The number of nitrogens with zero attached hydrogens (tertiary/aromatic N) is 2. The van der Waals surface area contributed by atoms with E-state index in [1.807, 2.05) is 0 Å². The van der Waals surface area contributed by atoms with Crippen molar-refractivity contribution in [1.82, 2.24) is 4.98 Å². The standard InChI is InChI=1S/C8H3F3N2O2S/c9-8(10,11)7-12-5-3-4(13(14)15)1-2-6(5)16-7/h1-3H. The lowest BCUT2D eigenvalue weighted by molar-refractivity contribution is -0.384. The molecular weight excluding hydrogens is 245 g/mol. The van der Waals surface area contributed by atoms with E-state index in [4.69, 9.17) is 0 Å². The third-order valence-electron chi connectivity index (χ3n) is 1.82. The van der Waals surface area contributed by atoms with Crippen LogP contribution in [0.25, 0.3) is 10.2 Å². The number of alkyl halides is 3. The lowest BCUT2D eigenvalue weighted by Gasteiger charge is -1.98. The zero-order chi connectivity index (χ0) is 11.9. The van der Waals surface area contributed by atoms with Crippen molar-refractivity contribution in [3.63, 3.8) is 0 Å². The van der Waals surface area contributed by atoms with Crippen molar-refractivity contribution in [3.05, 3.63) is 33.3 Å². The van der Waals surface area contributed by atoms with Gasteiger partial charge in [0.1, 0.15) is 0 Å². The van der Waals surface area contributed by atoms with E-state index in [-0.39, 0.29) is 15.9 Å². The molecule has 0 bridgehead atoms. The summed E-state index contributed by atoms with van der Waals surface area (Å²) in [6.45, 7) is 0. The lowest BCUT2D eigenvalue weighted by Crippen LogP contribution is -2.03. The van der Waals surface area contributed by atoms with E-state index in [0.717, 1.165) is 12.1 Å². The van der Waals surface area contributed by atoms with E-state index in [2.05, 4.69) is 4.98 Å². The van der Waals surface area contributed by atoms with Crippen molar-refractivity contribution >= 4 is 27.2 Å². The second-order valence-electron chi connectivity index (χ2n) is 2.93. The Bertz CT molecular complexity index is 564. The van der Waals surface area contributed by atoms with Crippen LogP contribution < -0.4 is 0 Å². The van der Waals surface area contributed by atoms with Gasteiger partial charge in [0.05, 0.1) is 15.1 Å². The van der Waals surface area contributed by atoms with Crippen LogP contribution in [0.5, 0.6) is 0 Å². The maximum atomic E-state index is 12.3. The number of benzene rings is 1. The minimum atomic E-state index is -4.52. The summed E-state index contributed by atoms with van der Waals surface area (Å²) in [5.41, 5.74) is -0.280. The average Bonchev–Trinajstić information content (AvgIpc) is 2.58. The molecule has 0 fully saturated rings. The van der Waals surface area contributed by atoms with Gasteiger partial charge in [-0.2, -0.15) is 13.2 Å². The van der Waals surface area contributed by atoms with E-state index in [1.54, 1.807) is 0 Å². The summed E-state index contributed by atoms with van der Waals surface area (Å²) in [4.78, 5) is 13.0. The maximum absolute atomic E-state index is 12.3. The van der Waals surface area contributed by atoms with Crippen molar-refractivity contribution in [2.24, 2.45) is 0 Å². The molecule has 0 aliphatic carbocycles. The number of fused-ring (bicyclic) bond motifs is 1. The van der Waals surface area contributed by atoms with Crippen LogP contribution in [0.3, 0.4) is 0 Å². The molecule has 0 amide bonds. The van der Waals surface area contributed by atoms with Gasteiger partial charge in [-0.05, 0) is 6.07 Å². The molecule has 2 rings (SSSR count). The molecule has 0 unspecified atom stereocenters. The van der Waals surface area contributed by atoms with E-state index in [1.165, 1.54) is 6.07 Å². The van der Waals surface area contributed by atoms with Gasteiger partial charge < -0.3 is 0 Å². The third kappa shape index (κ3) is 1.83. The molecule has 8 heteroatoms. The number of halogens is 3. The van der Waals surface area contributed by atoms with E-state index >= 15 is 0 Å². The van der Waals surface area contributed by atoms with Crippen molar-refractivity contribution in [1.29, 1.82) is 0 Å². The SMILES string of the molecule is O=[N+]([O-])c1ccc2sc(C(F)(F)F)nc2c1. The van der Waals surface area contributed by atoms with Crippen LogP contribution in [0.15, 0.2) is 18.2 Å². The Balaban J connectivity index is 2.59. The molecule has 84 valence electrons. The van der Waals surface area contributed by atoms with Crippen LogP contribution in [0.2, 0.25) is 0 Å². The van der Waals surface area contributed by atoms with Crippen LogP contribution >= 0.6 is 11.3 Å². The van der Waals surface area contributed by atoms with Gasteiger partial charge in [0.15, 0.2) is 5.01 Å². The Labute approximate surface area is 90.5 Å². The molecule has 4 nitrogen and oxygen atoms in total. The molecule has 0 aliphatic heterocycles. The zero-order valence-corrected chi connectivity index (χ0v) is 8.30. The summed E-state index contributed by atoms with van der Waals surface area (Å²) in [6.07, 6.45) is -4.52. The Morgan fingerprint density at radius 1 is 1.38 bits per heavy atom. The highest BCUT2D eigenvalue weighted by Gasteiger charge is 2.35. The Morgan fingerprint density at radius 3 is 2.62 bits per heavy atom. The number of hydrogen-bond acceptors (Lipinski definition) is 4. The number of rotatable bonds is 1. The zero-order valence-electron chi connectivity index (χ0n) is 7.49. The molecule has 0 atom stereocenters. The van der Waals surface area contributed by atoms with Gasteiger partial charge in [-0.15, -0.1) is 11.3 Å². The molecule has 16 heavy (non-hydrogen) atoms. The molecule has 0 radical (unpaired) electrons. The largest absolute Gasteiger partial charge is 0.443 e. The summed E-state index contributed by atoms with van der Waals surface area (Å²) in [5, 5.41) is 9.41. The van der Waals surface area contributed by atoms with E-state index in [9.17, 15) is 23.3 Å². The summed E-state index contributed by atoms with van der Waals surface area (Å²) < 4.78 is 37.2. The first-order valence-electron chi connectivity index (χ1n) is 4.00. The Morgan fingerprint density at radius 2 is 2.06 bits per heavy atom. The maximum Gasteiger partial charge on any atom is 0.443 e. The first kappa shape index (κ1) is 10.8. The van der Waals surface area contributed by atoms with Crippen LogP contribution in [-0.4, -0.2) is 9.91 Å². The first-order chi connectivity index (χ1) is 7.38. The number of thiazole rings is 1. The molecule has 1 aromatic heterocycles. The topological polar surface area (TPSA) is 56.0 Å². The van der Waals surface area contributed by atoms with Gasteiger partial charge in [0, 0.05) is 12.1 Å². The predicted molar refractivity (Wildman–Crippen MR) is 51.3 cm³/mol. The molecule has 0 spiro atoms. The average molecular weight is 248 g/mol. The van der Waals surface area contributed by atoms with Gasteiger partial charge >= 0.3 is 6.18 Å². The normalized spacial score (nSPS) is 11.9. The molecule has 1 aromatic carbocycles. The predicted octanol–water partition coefficient (Wildman–Crippen LogP) is 3.22. The van der Waals surface area contributed by atoms with E-state index < -0.39 is 16.1 Å². The van der Waals surface area contributed by atoms with Crippen LogP contribution in [0, 0.1) is 10.1 Å². The summed E-state index contributed by atoms with van der Waals surface area (Å²) in [5.74, 6) is 0. The fraction of sp³-hybridized carbons (Fsp3) is 0.125. The minimum absolute atomic E-state index is 0.00785. The highest BCUT2D eigenvalue weighted by Crippen LogP contribution is 2.36. The molecule has 0 saturated carbocycles. The third-order valence-corrected chi connectivity index (χ3v) is 2.91. The highest BCUT2D eigenvalue weighted by molar-refractivity contribution is 7.18. The Hall–Kier alpha value is -1.70. The van der Waals surface area contributed by atoms with E-state index in [0.29, 0.717) is 11.3 Å².